The molecule has 0 aliphatic rings. The number of hydrogen-bond donors (Lipinski definition) is 1. The highest BCUT2D eigenvalue weighted by molar-refractivity contribution is 7.99. The van der Waals surface area contributed by atoms with Crippen LogP contribution in [0.4, 0.5) is 11.4 Å². The van der Waals surface area contributed by atoms with Crippen molar-refractivity contribution in [1.29, 1.82) is 0 Å². The zero-order valence-corrected chi connectivity index (χ0v) is 18.4. The van der Waals surface area contributed by atoms with Crippen LogP contribution in [0, 0.1) is 10.1 Å². The van der Waals surface area contributed by atoms with Crippen molar-refractivity contribution >= 4 is 40.6 Å². The van der Waals surface area contributed by atoms with Gasteiger partial charge in [-0.15, -0.1) is 10.2 Å². The lowest BCUT2D eigenvalue weighted by Gasteiger charge is -2.15. The molecule has 1 atom stereocenters. The Hall–Kier alpha value is -3.11. The molecule has 0 fully saturated rings. The van der Waals surface area contributed by atoms with Crippen molar-refractivity contribution in [3.05, 3.63) is 69.5 Å². The average Bonchev–Trinajstić information content (AvgIpc) is 3.17. The second-order valence-corrected chi connectivity index (χ2v) is 7.77. The summed E-state index contributed by atoms with van der Waals surface area (Å²) in [6, 6.07) is 13.3. The molecular formula is C20H20ClN5O4S. The number of hydrogen-bond acceptors (Lipinski definition) is 7. The van der Waals surface area contributed by atoms with Gasteiger partial charge in [-0.05, 0) is 32.0 Å². The van der Waals surface area contributed by atoms with E-state index in [9.17, 15) is 14.9 Å². The minimum absolute atomic E-state index is 0.0328. The van der Waals surface area contributed by atoms with Gasteiger partial charge >= 0.3 is 0 Å². The van der Waals surface area contributed by atoms with E-state index in [2.05, 4.69) is 15.5 Å². The Kier molecular flexibility index (Phi) is 7.48. The minimum Gasteiger partial charge on any atom is -0.483 e. The lowest BCUT2D eigenvalue weighted by molar-refractivity contribution is -0.384. The lowest BCUT2D eigenvalue weighted by atomic mass is 10.3. The molecule has 0 unspecified atom stereocenters. The van der Waals surface area contributed by atoms with Gasteiger partial charge in [0.15, 0.2) is 17.1 Å². The number of nitrogens with zero attached hydrogens (tertiary/aromatic N) is 4. The second-order valence-electron chi connectivity index (χ2n) is 6.42. The number of benzene rings is 2. The van der Waals surface area contributed by atoms with Crippen LogP contribution in [0.25, 0.3) is 0 Å². The number of nitrogens with one attached hydrogen (secondary N) is 1. The van der Waals surface area contributed by atoms with Crippen molar-refractivity contribution in [3.63, 3.8) is 0 Å². The minimum atomic E-state index is -0.551. The van der Waals surface area contributed by atoms with Gasteiger partial charge in [0.25, 0.3) is 5.69 Å². The number of ether oxygens (including phenoxy) is 1. The molecule has 0 aliphatic carbocycles. The molecule has 1 N–H and O–H groups in total. The predicted molar refractivity (Wildman–Crippen MR) is 119 cm³/mol. The Morgan fingerprint density at radius 1 is 1.29 bits per heavy atom. The van der Waals surface area contributed by atoms with Crippen LogP contribution in [0.2, 0.25) is 5.02 Å². The monoisotopic (exact) mass is 461 g/mol. The number of carbonyl (C=O) groups excluding carboxylic acids is 1. The Morgan fingerprint density at radius 2 is 2.03 bits per heavy atom. The Bertz CT molecular complexity index is 1080. The number of nitro benzene ring substituents is 1. The third-order valence-corrected chi connectivity index (χ3v) is 5.54. The van der Waals surface area contributed by atoms with Gasteiger partial charge in [-0.1, -0.05) is 41.6 Å². The normalized spacial score (nSPS) is 11.7. The Balaban J connectivity index is 1.65. The zero-order valence-electron chi connectivity index (χ0n) is 16.8. The van der Waals surface area contributed by atoms with E-state index in [0.29, 0.717) is 17.5 Å². The third-order valence-electron chi connectivity index (χ3n) is 4.25. The molecule has 1 heterocycles. The maximum atomic E-state index is 12.4. The van der Waals surface area contributed by atoms with Gasteiger partial charge in [0.2, 0.25) is 5.91 Å². The highest BCUT2D eigenvalue weighted by Gasteiger charge is 2.20. The molecule has 1 aromatic heterocycles. The standard InChI is InChI=1S/C20H20ClN5O4S/c1-3-25-19(13(2)30-15-7-5-4-6-8-15)23-24-20(25)31-12-18(27)22-17-11-14(26(28)29)9-10-16(17)21/h4-11,13H,3,12H2,1-2H3,(H,22,27)/t13-/m1/s1. The van der Waals surface area contributed by atoms with Crippen LogP contribution < -0.4 is 10.1 Å². The van der Waals surface area contributed by atoms with Gasteiger partial charge < -0.3 is 14.6 Å². The first-order chi connectivity index (χ1) is 14.9. The van der Waals surface area contributed by atoms with Crippen molar-refractivity contribution in [1.82, 2.24) is 14.8 Å². The Labute approximate surface area is 187 Å². The van der Waals surface area contributed by atoms with Crippen LogP contribution in [-0.4, -0.2) is 31.3 Å². The summed E-state index contributed by atoms with van der Waals surface area (Å²) in [7, 11) is 0. The van der Waals surface area contributed by atoms with Crippen LogP contribution >= 0.6 is 23.4 Å². The zero-order chi connectivity index (χ0) is 22.4. The number of halogens is 1. The molecule has 1 amide bonds. The summed E-state index contributed by atoms with van der Waals surface area (Å²) < 4.78 is 7.80. The Morgan fingerprint density at radius 3 is 2.71 bits per heavy atom. The molecule has 0 bridgehead atoms. The van der Waals surface area contributed by atoms with Gasteiger partial charge in [-0.3, -0.25) is 14.9 Å². The van der Waals surface area contributed by atoms with Crippen LogP contribution in [0.1, 0.15) is 25.8 Å². The molecule has 0 radical (unpaired) electrons. The number of carbonyl (C=O) groups is 1. The molecule has 9 nitrogen and oxygen atoms in total. The van der Waals surface area contributed by atoms with Gasteiger partial charge in [-0.25, -0.2) is 0 Å². The first kappa shape index (κ1) is 22.6. The van der Waals surface area contributed by atoms with E-state index in [0.717, 1.165) is 5.75 Å². The fourth-order valence-corrected chi connectivity index (χ4v) is 3.77. The predicted octanol–water partition coefficient (Wildman–Crippen LogP) is 4.73. The highest BCUT2D eigenvalue weighted by Crippen LogP contribution is 2.28. The van der Waals surface area contributed by atoms with Crippen LogP contribution in [0.15, 0.2) is 53.7 Å². The van der Waals surface area contributed by atoms with Crippen LogP contribution in [-0.2, 0) is 11.3 Å². The molecule has 2 aromatic carbocycles. The van der Waals surface area contributed by atoms with E-state index in [1.54, 1.807) is 0 Å². The van der Waals surface area contributed by atoms with E-state index in [1.807, 2.05) is 48.7 Å². The molecule has 0 aliphatic heterocycles. The number of para-hydroxylation sites is 1. The molecule has 31 heavy (non-hydrogen) atoms. The number of non-ortho nitro benzene ring substituents is 1. The van der Waals surface area contributed by atoms with Crippen LogP contribution in [0.3, 0.4) is 0 Å². The summed E-state index contributed by atoms with van der Waals surface area (Å²) in [5.74, 6) is 1.04. The van der Waals surface area contributed by atoms with E-state index < -0.39 is 4.92 Å². The van der Waals surface area contributed by atoms with E-state index in [4.69, 9.17) is 16.3 Å². The molecule has 0 saturated carbocycles. The summed E-state index contributed by atoms with van der Waals surface area (Å²) in [6.07, 6.45) is -0.332. The molecular weight excluding hydrogens is 442 g/mol. The summed E-state index contributed by atoms with van der Waals surface area (Å²) in [5.41, 5.74) is 0.0270. The number of anilines is 1. The van der Waals surface area contributed by atoms with E-state index >= 15 is 0 Å². The number of thioether (sulfide) groups is 1. The molecule has 162 valence electrons. The average molecular weight is 462 g/mol. The number of rotatable bonds is 9. The van der Waals surface area contributed by atoms with Crippen molar-refractivity contribution in [2.24, 2.45) is 0 Å². The fraction of sp³-hybridized carbons (Fsp3) is 0.250. The van der Waals surface area contributed by atoms with Crippen molar-refractivity contribution in [2.75, 3.05) is 11.1 Å². The summed E-state index contributed by atoms with van der Waals surface area (Å²) in [6.45, 7) is 4.44. The smallest absolute Gasteiger partial charge is 0.271 e. The summed E-state index contributed by atoms with van der Waals surface area (Å²) >= 11 is 7.23. The topological polar surface area (TPSA) is 112 Å². The third kappa shape index (κ3) is 5.74. The molecule has 3 rings (SSSR count). The van der Waals surface area contributed by atoms with E-state index in [1.165, 1.54) is 30.0 Å². The number of nitro groups is 1. The molecule has 3 aromatic rings. The van der Waals surface area contributed by atoms with Crippen molar-refractivity contribution in [3.8, 4) is 5.75 Å². The highest BCUT2D eigenvalue weighted by atomic mass is 35.5. The quantitative estimate of drug-likeness (QED) is 0.278. The maximum Gasteiger partial charge on any atom is 0.271 e. The first-order valence-electron chi connectivity index (χ1n) is 9.40. The van der Waals surface area contributed by atoms with Gasteiger partial charge in [0.05, 0.1) is 21.4 Å². The van der Waals surface area contributed by atoms with Gasteiger partial charge in [-0.2, -0.15) is 0 Å². The second kappa shape index (κ2) is 10.3. The summed E-state index contributed by atoms with van der Waals surface area (Å²) in [4.78, 5) is 22.7. The molecule has 11 heteroatoms. The van der Waals surface area contributed by atoms with Crippen LogP contribution in [0.5, 0.6) is 5.75 Å². The maximum absolute atomic E-state index is 12.4. The van der Waals surface area contributed by atoms with Gasteiger partial charge in [0.1, 0.15) is 5.75 Å². The van der Waals surface area contributed by atoms with Crippen molar-refractivity contribution < 1.29 is 14.5 Å². The summed E-state index contributed by atoms with van der Waals surface area (Å²) in [5, 5.41) is 22.7. The first-order valence-corrected chi connectivity index (χ1v) is 10.8. The van der Waals surface area contributed by atoms with Crippen molar-refractivity contribution in [2.45, 2.75) is 31.7 Å². The van der Waals surface area contributed by atoms with E-state index in [-0.39, 0.29) is 34.2 Å². The molecule has 0 saturated heterocycles. The number of aromatic nitrogens is 3. The molecule has 0 spiro atoms. The van der Waals surface area contributed by atoms with Gasteiger partial charge in [0, 0.05) is 18.7 Å². The lowest BCUT2D eigenvalue weighted by Crippen LogP contribution is -2.16. The number of amides is 1. The largest absolute Gasteiger partial charge is 0.483 e. The fourth-order valence-electron chi connectivity index (χ4n) is 2.80. The SMILES string of the molecule is CCn1c(SCC(=O)Nc2cc([N+](=O)[O-])ccc2Cl)nnc1[C@@H](C)Oc1ccccc1.